The maximum atomic E-state index is 14.5. The Hall–Kier alpha value is -4.01. The molecule has 2 atom stereocenters. The highest BCUT2D eigenvalue weighted by Gasteiger charge is 2.42. The van der Waals surface area contributed by atoms with Crippen LogP contribution in [0.25, 0.3) is 11.1 Å². The van der Waals surface area contributed by atoms with E-state index >= 15 is 0 Å². The first-order valence-electron chi connectivity index (χ1n) is 10.3. The van der Waals surface area contributed by atoms with Gasteiger partial charge in [-0.1, -0.05) is 30.3 Å². The van der Waals surface area contributed by atoms with Crippen LogP contribution in [0.4, 0.5) is 4.39 Å². The third kappa shape index (κ3) is 4.21. The molecule has 170 valence electrons. The predicted octanol–water partition coefficient (Wildman–Crippen LogP) is 3.73. The molecule has 2 heterocycles. The van der Waals surface area contributed by atoms with Crippen molar-refractivity contribution in [2.24, 2.45) is 0 Å². The summed E-state index contributed by atoms with van der Waals surface area (Å²) in [6.45, 7) is 0. The van der Waals surface area contributed by atoms with E-state index in [2.05, 4.69) is 10.2 Å². The largest absolute Gasteiger partial charge is 0.480 e. The number of hydrogen-bond donors (Lipinski definition) is 1. The summed E-state index contributed by atoms with van der Waals surface area (Å²) in [5, 5.41) is 17.5. The molecule has 9 heteroatoms. The lowest BCUT2D eigenvalue weighted by atomic mass is 10.0. The van der Waals surface area contributed by atoms with E-state index < -0.39 is 29.8 Å². The van der Waals surface area contributed by atoms with Gasteiger partial charge in [0.15, 0.2) is 0 Å². The number of rotatable bonds is 6. The van der Waals surface area contributed by atoms with E-state index in [1.165, 1.54) is 25.2 Å². The second-order valence-electron chi connectivity index (χ2n) is 7.57. The SMILES string of the molecule is COc1cc(-c2ccc(C(=O)N3C(C(=O)O)CCC3c3ccccc3F)cc2)c(OC)nn1. The van der Waals surface area contributed by atoms with Gasteiger partial charge >= 0.3 is 5.97 Å². The fourth-order valence-corrected chi connectivity index (χ4v) is 4.15. The van der Waals surface area contributed by atoms with Crippen molar-refractivity contribution in [3.8, 4) is 22.9 Å². The number of nitrogens with zero attached hydrogens (tertiary/aromatic N) is 3. The van der Waals surface area contributed by atoms with Crippen LogP contribution < -0.4 is 9.47 Å². The third-order valence-corrected chi connectivity index (χ3v) is 5.75. The number of aromatic nitrogens is 2. The van der Waals surface area contributed by atoms with E-state index in [-0.39, 0.29) is 6.42 Å². The van der Waals surface area contributed by atoms with Gasteiger partial charge in [0.25, 0.3) is 5.91 Å². The Labute approximate surface area is 189 Å². The van der Waals surface area contributed by atoms with Crippen molar-refractivity contribution in [1.29, 1.82) is 0 Å². The smallest absolute Gasteiger partial charge is 0.326 e. The van der Waals surface area contributed by atoms with Crippen molar-refractivity contribution in [1.82, 2.24) is 15.1 Å². The highest BCUT2D eigenvalue weighted by atomic mass is 19.1. The van der Waals surface area contributed by atoms with E-state index in [0.29, 0.717) is 40.4 Å². The molecule has 1 aliphatic rings. The van der Waals surface area contributed by atoms with Gasteiger partial charge in [0.05, 0.1) is 25.8 Å². The second kappa shape index (κ2) is 9.23. The maximum absolute atomic E-state index is 14.5. The molecule has 2 aromatic carbocycles. The van der Waals surface area contributed by atoms with Gasteiger partial charge in [-0.25, -0.2) is 9.18 Å². The van der Waals surface area contributed by atoms with Crippen molar-refractivity contribution in [2.45, 2.75) is 24.9 Å². The molecule has 1 N–H and O–H groups in total. The number of ether oxygens (including phenoxy) is 2. The zero-order valence-electron chi connectivity index (χ0n) is 18.1. The molecule has 0 aliphatic carbocycles. The van der Waals surface area contributed by atoms with Crippen LogP contribution >= 0.6 is 0 Å². The first-order chi connectivity index (χ1) is 15.9. The van der Waals surface area contributed by atoms with Gasteiger partial charge in [0, 0.05) is 17.2 Å². The molecule has 4 rings (SSSR count). The predicted molar refractivity (Wildman–Crippen MR) is 117 cm³/mol. The summed E-state index contributed by atoms with van der Waals surface area (Å²) in [5.41, 5.74) is 1.93. The average Bonchev–Trinajstić information content (AvgIpc) is 3.29. The van der Waals surface area contributed by atoms with Gasteiger partial charge in [-0.3, -0.25) is 4.79 Å². The van der Waals surface area contributed by atoms with E-state index in [9.17, 15) is 19.1 Å². The maximum Gasteiger partial charge on any atom is 0.326 e. The van der Waals surface area contributed by atoms with Crippen molar-refractivity contribution in [3.63, 3.8) is 0 Å². The molecule has 1 saturated heterocycles. The second-order valence-corrected chi connectivity index (χ2v) is 7.57. The van der Waals surface area contributed by atoms with Crippen LogP contribution in [-0.2, 0) is 4.79 Å². The highest BCUT2D eigenvalue weighted by molar-refractivity contribution is 5.97. The fraction of sp³-hybridized carbons (Fsp3) is 0.250. The number of carbonyl (C=O) groups excluding carboxylic acids is 1. The molecule has 1 aliphatic heterocycles. The summed E-state index contributed by atoms with van der Waals surface area (Å²) >= 11 is 0. The Balaban J connectivity index is 1.68. The summed E-state index contributed by atoms with van der Waals surface area (Å²) in [6, 6.07) is 12.7. The Morgan fingerprint density at radius 1 is 1.03 bits per heavy atom. The zero-order chi connectivity index (χ0) is 23.5. The number of likely N-dealkylation sites (tertiary alicyclic amines) is 1. The van der Waals surface area contributed by atoms with Gasteiger partial charge in [0.2, 0.25) is 11.8 Å². The molecule has 8 nitrogen and oxygen atoms in total. The molecular formula is C24H22FN3O5. The Morgan fingerprint density at radius 3 is 2.39 bits per heavy atom. The van der Waals surface area contributed by atoms with Crippen molar-refractivity contribution >= 4 is 11.9 Å². The summed E-state index contributed by atoms with van der Waals surface area (Å²) in [4.78, 5) is 26.5. The van der Waals surface area contributed by atoms with Crippen molar-refractivity contribution < 1.29 is 28.6 Å². The minimum atomic E-state index is -1.11. The van der Waals surface area contributed by atoms with E-state index in [1.54, 1.807) is 48.5 Å². The number of carboxylic acids is 1. The van der Waals surface area contributed by atoms with Gasteiger partial charge in [-0.05, 0) is 36.6 Å². The van der Waals surface area contributed by atoms with Gasteiger partial charge in [-0.15, -0.1) is 10.2 Å². The normalized spacial score (nSPS) is 17.6. The summed E-state index contributed by atoms with van der Waals surface area (Å²) in [5.74, 6) is -1.46. The monoisotopic (exact) mass is 451 g/mol. The fourth-order valence-electron chi connectivity index (χ4n) is 4.15. The third-order valence-electron chi connectivity index (χ3n) is 5.75. The number of aliphatic carboxylic acids is 1. The average molecular weight is 451 g/mol. The number of halogens is 1. The van der Waals surface area contributed by atoms with Crippen molar-refractivity contribution in [2.75, 3.05) is 14.2 Å². The van der Waals surface area contributed by atoms with Crippen LogP contribution in [0.2, 0.25) is 0 Å². The van der Waals surface area contributed by atoms with Gasteiger partial charge in [-0.2, -0.15) is 0 Å². The molecule has 3 aromatic rings. The minimum absolute atomic E-state index is 0.248. The molecule has 2 unspecified atom stereocenters. The van der Waals surface area contributed by atoms with Crippen LogP contribution in [0.5, 0.6) is 11.8 Å². The lowest BCUT2D eigenvalue weighted by Crippen LogP contribution is -2.42. The Kier molecular flexibility index (Phi) is 6.21. The Morgan fingerprint density at radius 2 is 1.76 bits per heavy atom. The van der Waals surface area contributed by atoms with Crippen LogP contribution in [0.15, 0.2) is 54.6 Å². The molecule has 33 heavy (non-hydrogen) atoms. The number of amides is 1. The first kappa shape index (κ1) is 22.2. The van der Waals surface area contributed by atoms with Gasteiger partial charge < -0.3 is 19.5 Å². The highest BCUT2D eigenvalue weighted by Crippen LogP contribution is 2.39. The zero-order valence-corrected chi connectivity index (χ0v) is 18.1. The van der Waals surface area contributed by atoms with E-state index in [0.717, 1.165) is 0 Å². The van der Waals surface area contributed by atoms with E-state index in [4.69, 9.17) is 9.47 Å². The van der Waals surface area contributed by atoms with Crippen LogP contribution in [-0.4, -0.2) is 52.3 Å². The summed E-state index contributed by atoms with van der Waals surface area (Å²) in [7, 11) is 2.95. The van der Waals surface area contributed by atoms with Crippen LogP contribution in [0, 0.1) is 5.82 Å². The molecule has 1 aromatic heterocycles. The van der Waals surface area contributed by atoms with E-state index in [1.807, 2.05) is 0 Å². The quantitative estimate of drug-likeness (QED) is 0.609. The first-order valence-corrected chi connectivity index (χ1v) is 10.3. The topological polar surface area (TPSA) is 102 Å². The van der Waals surface area contributed by atoms with Crippen LogP contribution in [0.3, 0.4) is 0 Å². The molecule has 1 amide bonds. The molecule has 0 saturated carbocycles. The summed E-state index contributed by atoms with van der Waals surface area (Å²) in [6.07, 6.45) is 0.610. The number of hydrogen-bond acceptors (Lipinski definition) is 6. The molecule has 0 spiro atoms. The number of benzene rings is 2. The lowest BCUT2D eigenvalue weighted by molar-refractivity contribution is -0.141. The Bertz CT molecular complexity index is 1180. The molecule has 0 bridgehead atoms. The van der Waals surface area contributed by atoms with Crippen molar-refractivity contribution in [3.05, 3.63) is 71.5 Å². The number of methoxy groups -OCH3 is 2. The number of carbonyl (C=O) groups is 2. The summed E-state index contributed by atoms with van der Waals surface area (Å²) < 4.78 is 24.9. The number of carboxylic acid groups (broad SMARTS) is 1. The van der Waals surface area contributed by atoms with Gasteiger partial charge in [0.1, 0.15) is 11.9 Å². The molecule has 1 fully saturated rings. The standard InChI is InChI=1S/C24H22FN3O5/c1-32-21-13-17(22(33-2)27-26-21)14-7-9-15(10-8-14)23(29)28-19(11-12-20(28)24(30)31)16-5-3-4-6-18(16)25/h3-10,13,19-20H,11-12H2,1-2H3,(H,30,31). The lowest BCUT2D eigenvalue weighted by Gasteiger charge is -2.29. The minimum Gasteiger partial charge on any atom is -0.480 e. The molecule has 0 radical (unpaired) electrons. The van der Waals surface area contributed by atoms with Crippen LogP contribution in [0.1, 0.15) is 34.8 Å². The molecular weight excluding hydrogens is 429 g/mol.